The number of carbonyl (C=O) groups excluding carboxylic acids is 1. The fourth-order valence-electron chi connectivity index (χ4n) is 2.91. The van der Waals surface area contributed by atoms with Gasteiger partial charge < -0.3 is 9.64 Å². The lowest BCUT2D eigenvalue weighted by atomic mass is 9.98. The molecule has 0 bridgehead atoms. The number of ether oxygens (including phenoxy) is 1. The molecule has 1 atom stereocenters. The number of hydrogen-bond acceptors (Lipinski definition) is 3. The number of piperidine rings is 1. The second-order valence-corrected chi connectivity index (χ2v) is 6.21. The third kappa shape index (κ3) is 4.10. The third-order valence-corrected chi connectivity index (χ3v) is 4.26. The average molecular weight is 328 g/mol. The molecule has 3 rings (SSSR count). The van der Waals surface area contributed by atoms with E-state index in [0.717, 1.165) is 25.1 Å². The lowest BCUT2D eigenvalue weighted by Gasteiger charge is -2.32. The quantitative estimate of drug-likeness (QED) is 0.863. The van der Waals surface area contributed by atoms with Crippen molar-refractivity contribution in [1.29, 1.82) is 0 Å². The number of likely N-dealkylation sites (tertiary alicyclic amines) is 1. The predicted molar refractivity (Wildman–Crippen MR) is 89.5 cm³/mol. The highest BCUT2D eigenvalue weighted by Gasteiger charge is 2.25. The first-order chi connectivity index (χ1) is 11.6. The van der Waals surface area contributed by atoms with Gasteiger partial charge in [-0.25, -0.2) is 4.39 Å². The van der Waals surface area contributed by atoms with Crippen molar-refractivity contribution in [3.05, 3.63) is 59.7 Å². The van der Waals surface area contributed by atoms with E-state index >= 15 is 0 Å². The van der Waals surface area contributed by atoms with Crippen molar-refractivity contribution in [1.82, 2.24) is 9.88 Å². The first-order valence-electron chi connectivity index (χ1n) is 8.22. The van der Waals surface area contributed by atoms with Gasteiger partial charge in [-0.3, -0.25) is 9.78 Å². The van der Waals surface area contributed by atoms with E-state index in [-0.39, 0.29) is 17.6 Å². The van der Waals surface area contributed by atoms with Crippen molar-refractivity contribution in [2.75, 3.05) is 19.7 Å². The zero-order chi connectivity index (χ0) is 16.9. The number of nitrogens with zero attached hydrogens (tertiary/aromatic N) is 2. The lowest BCUT2D eigenvalue weighted by molar-refractivity contribution is 0.0633. The minimum absolute atomic E-state index is 0.0222. The lowest BCUT2D eigenvalue weighted by Crippen LogP contribution is -2.41. The largest absolute Gasteiger partial charge is 0.493 e. The van der Waals surface area contributed by atoms with E-state index in [1.165, 1.54) is 12.1 Å². The van der Waals surface area contributed by atoms with E-state index in [2.05, 4.69) is 4.98 Å². The summed E-state index contributed by atoms with van der Waals surface area (Å²) < 4.78 is 18.6. The van der Waals surface area contributed by atoms with Crippen LogP contribution in [-0.4, -0.2) is 35.5 Å². The summed E-state index contributed by atoms with van der Waals surface area (Å²) in [6.07, 6.45) is 3.62. The highest BCUT2D eigenvalue weighted by molar-refractivity contribution is 5.94. The Hall–Kier alpha value is -2.43. The van der Waals surface area contributed by atoms with Gasteiger partial charge in [-0.15, -0.1) is 0 Å². The molecule has 0 aliphatic carbocycles. The van der Waals surface area contributed by atoms with Crippen molar-refractivity contribution in [2.45, 2.75) is 19.8 Å². The van der Waals surface area contributed by atoms with Gasteiger partial charge >= 0.3 is 0 Å². The standard InChI is InChI=1S/C19H21FN2O2/c1-14-4-5-16(11-21-14)19(23)22-10-2-3-15(12-22)13-24-18-8-6-17(20)7-9-18/h4-9,11,15H,2-3,10,12-13H2,1H3/t15-/m0/s1. The van der Waals surface area contributed by atoms with Crippen LogP contribution in [0.2, 0.25) is 0 Å². The van der Waals surface area contributed by atoms with Crippen LogP contribution in [0.4, 0.5) is 4.39 Å². The van der Waals surface area contributed by atoms with Crippen molar-refractivity contribution >= 4 is 5.91 Å². The number of carbonyl (C=O) groups is 1. The van der Waals surface area contributed by atoms with Gasteiger partial charge in [0, 0.05) is 30.9 Å². The molecule has 1 aromatic carbocycles. The number of halogens is 1. The SMILES string of the molecule is Cc1ccc(C(=O)N2CCC[C@H](COc3ccc(F)cc3)C2)cn1. The number of pyridine rings is 1. The van der Waals surface area contributed by atoms with Gasteiger partial charge in [0.15, 0.2) is 0 Å². The molecule has 0 N–H and O–H groups in total. The molecule has 1 saturated heterocycles. The average Bonchev–Trinajstić information content (AvgIpc) is 2.61. The van der Waals surface area contributed by atoms with E-state index in [0.29, 0.717) is 24.5 Å². The number of aryl methyl sites for hydroxylation is 1. The first kappa shape index (κ1) is 16.4. The smallest absolute Gasteiger partial charge is 0.255 e. The maximum atomic E-state index is 12.9. The summed E-state index contributed by atoms with van der Waals surface area (Å²) in [6, 6.07) is 9.69. The molecule has 1 aliphatic heterocycles. The van der Waals surface area contributed by atoms with Crippen LogP contribution >= 0.6 is 0 Å². The van der Waals surface area contributed by atoms with Crippen molar-refractivity contribution in [3.63, 3.8) is 0 Å². The molecule has 24 heavy (non-hydrogen) atoms. The third-order valence-electron chi connectivity index (χ3n) is 4.26. The molecule has 2 heterocycles. The predicted octanol–water partition coefficient (Wildman–Crippen LogP) is 3.46. The van der Waals surface area contributed by atoms with Crippen LogP contribution in [0.15, 0.2) is 42.6 Å². The Bertz CT molecular complexity index is 686. The van der Waals surface area contributed by atoms with Gasteiger partial charge in [-0.05, 0) is 56.2 Å². The van der Waals surface area contributed by atoms with Gasteiger partial charge in [-0.1, -0.05) is 0 Å². The molecule has 126 valence electrons. The summed E-state index contributed by atoms with van der Waals surface area (Å²) in [4.78, 5) is 18.6. The van der Waals surface area contributed by atoms with Crippen LogP contribution in [0.25, 0.3) is 0 Å². The zero-order valence-corrected chi connectivity index (χ0v) is 13.7. The summed E-state index contributed by atoms with van der Waals surface area (Å²) >= 11 is 0. The number of benzene rings is 1. The molecule has 4 nitrogen and oxygen atoms in total. The van der Waals surface area contributed by atoms with Crippen LogP contribution in [0, 0.1) is 18.7 Å². The summed E-state index contributed by atoms with van der Waals surface area (Å²) in [7, 11) is 0. The van der Waals surface area contributed by atoms with Gasteiger partial charge in [-0.2, -0.15) is 0 Å². The summed E-state index contributed by atoms with van der Waals surface area (Å²) in [6.45, 7) is 3.87. The molecule has 0 spiro atoms. The molecule has 2 aromatic rings. The van der Waals surface area contributed by atoms with Gasteiger partial charge in [0.2, 0.25) is 0 Å². The van der Waals surface area contributed by atoms with Crippen LogP contribution in [0.1, 0.15) is 28.9 Å². The highest BCUT2D eigenvalue weighted by atomic mass is 19.1. The van der Waals surface area contributed by atoms with E-state index in [1.54, 1.807) is 18.3 Å². The van der Waals surface area contributed by atoms with Crippen molar-refractivity contribution in [2.24, 2.45) is 5.92 Å². The van der Waals surface area contributed by atoms with Crippen LogP contribution in [0.5, 0.6) is 5.75 Å². The fourth-order valence-corrected chi connectivity index (χ4v) is 2.91. The monoisotopic (exact) mass is 328 g/mol. The molecule has 1 aromatic heterocycles. The minimum Gasteiger partial charge on any atom is -0.493 e. The van der Waals surface area contributed by atoms with Crippen LogP contribution < -0.4 is 4.74 Å². The molecule has 0 radical (unpaired) electrons. The Balaban J connectivity index is 1.56. The number of aromatic nitrogens is 1. The Kier molecular flexibility index (Phi) is 5.08. The minimum atomic E-state index is -0.275. The van der Waals surface area contributed by atoms with Crippen molar-refractivity contribution in [3.8, 4) is 5.75 Å². The summed E-state index contributed by atoms with van der Waals surface area (Å²) in [5.74, 6) is 0.686. The topological polar surface area (TPSA) is 42.4 Å². The molecule has 5 heteroatoms. The van der Waals surface area contributed by atoms with Gasteiger partial charge in [0.25, 0.3) is 5.91 Å². The number of rotatable bonds is 4. The van der Waals surface area contributed by atoms with Gasteiger partial charge in [0.05, 0.1) is 12.2 Å². The molecular formula is C19H21FN2O2. The van der Waals surface area contributed by atoms with E-state index in [4.69, 9.17) is 4.74 Å². The zero-order valence-electron chi connectivity index (χ0n) is 13.7. The Labute approximate surface area is 141 Å². The normalized spacial score (nSPS) is 17.6. The molecule has 1 amide bonds. The van der Waals surface area contributed by atoms with E-state index in [1.807, 2.05) is 24.0 Å². The fraction of sp³-hybridized carbons (Fsp3) is 0.368. The number of amides is 1. The highest BCUT2D eigenvalue weighted by Crippen LogP contribution is 2.20. The number of hydrogen-bond donors (Lipinski definition) is 0. The van der Waals surface area contributed by atoms with Crippen molar-refractivity contribution < 1.29 is 13.9 Å². The molecule has 0 saturated carbocycles. The Morgan fingerprint density at radius 2 is 2.08 bits per heavy atom. The van der Waals surface area contributed by atoms with Crippen LogP contribution in [0.3, 0.4) is 0 Å². The van der Waals surface area contributed by atoms with E-state index < -0.39 is 0 Å². The second kappa shape index (κ2) is 7.43. The maximum absolute atomic E-state index is 12.9. The maximum Gasteiger partial charge on any atom is 0.255 e. The molecule has 1 fully saturated rings. The van der Waals surface area contributed by atoms with E-state index in [9.17, 15) is 9.18 Å². The summed E-state index contributed by atoms with van der Waals surface area (Å²) in [5, 5.41) is 0. The van der Waals surface area contributed by atoms with Gasteiger partial charge in [0.1, 0.15) is 11.6 Å². The first-order valence-corrected chi connectivity index (χ1v) is 8.22. The van der Waals surface area contributed by atoms with Crippen LogP contribution in [-0.2, 0) is 0 Å². The Morgan fingerprint density at radius 1 is 1.29 bits per heavy atom. The molecular weight excluding hydrogens is 307 g/mol. The molecule has 0 unspecified atom stereocenters. The second-order valence-electron chi connectivity index (χ2n) is 6.21. The molecule has 1 aliphatic rings. The Morgan fingerprint density at radius 3 is 2.79 bits per heavy atom. The summed E-state index contributed by atoms with van der Waals surface area (Å²) in [5.41, 5.74) is 1.52.